The number of aromatic hydroxyl groups is 1. The lowest BCUT2D eigenvalue weighted by molar-refractivity contribution is 0.257. The van der Waals surface area contributed by atoms with Gasteiger partial charge in [-0.15, -0.1) is 4.83 Å². The molecule has 1 fully saturated rings. The van der Waals surface area contributed by atoms with E-state index < -0.39 is 26.6 Å². The Morgan fingerprint density at radius 1 is 1.28 bits per heavy atom. The summed E-state index contributed by atoms with van der Waals surface area (Å²) in [4.78, 5) is 2.92. The number of rotatable bonds is 5. The van der Waals surface area contributed by atoms with Crippen molar-refractivity contribution in [3.63, 3.8) is 0 Å². The molecule has 0 saturated carbocycles. The lowest BCUT2D eigenvalue weighted by Crippen LogP contribution is -2.44. The van der Waals surface area contributed by atoms with Gasteiger partial charge in [-0.05, 0) is 53.2 Å². The van der Waals surface area contributed by atoms with Gasteiger partial charge < -0.3 is 15.7 Å². The molecule has 170 valence electrons. The largest absolute Gasteiger partial charge is 0.504 e. The van der Waals surface area contributed by atoms with E-state index in [9.17, 15) is 18.8 Å². The van der Waals surface area contributed by atoms with Crippen molar-refractivity contribution in [1.82, 2.24) is 15.2 Å². The summed E-state index contributed by atoms with van der Waals surface area (Å²) >= 11 is 9.44. The fourth-order valence-corrected chi connectivity index (χ4v) is 5.32. The van der Waals surface area contributed by atoms with E-state index in [2.05, 4.69) is 31.4 Å². The molecule has 0 unspecified atom stereocenters. The zero-order valence-corrected chi connectivity index (χ0v) is 19.9. The van der Waals surface area contributed by atoms with E-state index in [4.69, 9.17) is 17.0 Å². The molecule has 0 amide bonds. The van der Waals surface area contributed by atoms with E-state index in [0.717, 1.165) is 17.9 Å². The lowest BCUT2D eigenvalue weighted by atomic mass is 10.3. The first-order valence-electron chi connectivity index (χ1n) is 9.54. The average molecular weight is 543 g/mol. The Kier molecular flexibility index (Phi) is 7.94. The zero-order valence-electron chi connectivity index (χ0n) is 16.8. The van der Waals surface area contributed by atoms with Gasteiger partial charge in [-0.25, -0.2) is 18.3 Å². The van der Waals surface area contributed by atoms with Crippen molar-refractivity contribution >= 4 is 54.9 Å². The molecule has 0 aliphatic carbocycles. The number of hydrogen-bond acceptors (Lipinski definition) is 7. The average Bonchev–Trinajstić information content (AvgIpc) is 3.00. The normalized spacial score (nSPS) is 14.9. The van der Waals surface area contributed by atoms with Gasteiger partial charge in [0, 0.05) is 24.1 Å². The number of hydrogen-bond donors (Lipinski definition) is 5. The minimum absolute atomic E-state index is 0.0930. The number of benzene rings is 2. The second kappa shape index (κ2) is 10.5. The number of hydrazine groups is 1. The van der Waals surface area contributed by atoms with Crippen molar-refractivity contribution in [3.8, 4) is 11.9 Å². The van der Waals surface area contributed by atoms with Gasteiger partial charge in [-0.1, -0.05) is 23.7 Å². The van der Waals surface area contributed by atoms with Gasteiger partial charge in [-0.3, -0.25) is 5.41 Å². The summed E-state index contributed by atoms with van der Waals surface area (Å²) in [6.45, 7) is 2.33. The Balaban J connectivity index is 1.88. The second-order valence-corrected chi connectivity index (χ2v) is 9.68. The molecule has 1 aliphatic heterocycles. The quantitative estimate of drug-likeness (QED) is 0.127. The first-order valence-corrected chi connectivity index (χ1v) is 12.2. The highest BCUT2D eigenvalue weighted by Gasteiger charge is 2.28. The SMILES string of the molecule is N#CN(C(=N)Nc1ccc(Cl)c(S(=O)(=O)NN2CCCNCC2)c1O)c1ccccc1Br. The predicted octanol–water partition coefficient (Wildman–Crippen LogP) is 2.63. The van der Waals surface area contributed by atoms with E-state index >= 15 is 0 Å². The van der Waals surface area contributed by atoms with Crippen molar-refractivity contribution in [2.75, 3.05) is 36.4 Å². The fourth-order valence-electron chi connectivity index (χ4n) is 3.10. The van der Waals surface area contributed by atoms with E-state index in [1.54, 1.807) is 24.3 Å². The van der Waals surface area contributed by atoms with Crippen molar-refractivity contribution in [2.24, 2.45) is 0 Å². The van der Waals surface area contributed by atoms with Crippen molar-refractivity contribution < 1.29 is 13.5 Å². The van der Waals surface area contributed by atoms with E-state index in [1.807, 2.05) is 6.19 Å². The molecular weight excluding hydrogens is 522 g/mol. The van der Waals surface area contributed by atoms with E-state index in [-0.39, 0.29) is 10.7 Å². The van der Waals surface area contributed by atoms with Gasteiger partial charge in [0.1, 0.15) is 4.90 Å². The van der Waals surface area contributed by atoms with Crippen molar-refractivity contribution in [2.45, 2.75) is 11.3 Å². The molecule has 1 aliphatic rings. The molecule has 2 aromatic rings. The van der Waals surface area contributed by atoms with E-state index in [1.165, 1.54) is 17.1 Å². The number of para-hydroxylation sites is 1. The number of anilines is 2. The molecule has 1 saturated heterocycles. The molecule has 3 rings (SSSR count). The van der Waals surface area contributed by atoms with Crippen LogP contribution in [-0.2, 0) is 10.0 Å². The number of sulfonamides is 1. The smallest absolute Gasteiger partial charge is 0.258 e. The Morgan fingerprint density at radius 2 is 2.03 bits per heavy atom. The van der Waals surface area contributed by atoms with Gasteiger partial charge in [0.25, 0.3) is 10.0 Å². The van der Waals surface area contributed by atoms with Crippen LogP contribution >= 0.6 is 27.5 Å². The standard InChI is InChI=1S/C19H21BrClN7O3S/c20-13-4-1-2-5-16(13)28(12-22)19(23)25-15-7-6-14(21)18(17(15)29)32(30,31)26-27-10-3-8-24-9-11-27/h1-2,4-7,24,26,29H,3,8-11H2,(H2,23,25). The Labute approximate surface area is 199 Å². The van der Waals surface area contributed by atoms with Crippen LogP contribution in [0.15, 0.2) is 45.8 Å². The van der Waals surface area contributed by atoms with Crippen LogP contribution in [0.4, 0.5) is 11.4 Å². The first kappa shape index (κ1) is 24.2. The van der Waals surface area contributed by atoms with Crippen LogP contribution in [0.1, 0.15) is 6.42 Å². The summed E-state index contributed by atoms with van der Waals surface area (Å²) in [6, 6.07) is 9.42. The number of guanidine groups is 1. The predicted molar refractivity (Wildman–Crippen MR) is 126 cm³/mol. The number of halogens is 2. The van der Waals surface area contributed by atoms with Crippen LogP contribution in [-0.4, -0.2) is 50.7 Å². The summed E-state index contributed by atoms with van der Waals surface area (Å²) in [6.07, 6.45) is 2.63. The second-order valence-electron chi connectivity index (χ2n) is 6.82. The maximum absolute atomic E-state index is 13.0. The highest BCUT2D eigenvalue weighted by atomic mass is 79.9. The van der Waals surface area contributed by atoms with Crippen LogP contribution < -0.4 is 20.4 Å². The van der Waals surface area contributed by atoms with Gasteiger partial charge in [0.15, 0.2) is 11.9 Å². The molecule has 2 aromatic carbocycles. The van der Waals surface area contributed by atoms with Gasteiger partial charge >= 0.3 is 0 Å². The minimum Gasteiger partial charge on any atom is -0.504 e. The van der Waals surface area contributed by atoms with Crippen LogP contribution in [0, 0.1) is 16.9 Å². The molecule has 0 radical (unpaired) electrons. The number of phenols is 1. The Morgan fingerprint density at radius 3 is 2.75 bits per heavy atom. The third-order valence-electron chi connectivity index (χ3n) is 4.61. The fraction of sp³-hybridized carbons (Fsp3) is 0.263. The van der Waals surface area contributed by atoms with Gasteiger partial charge in [0.05, 0.1) is 16.4 Å². The Hall–Kier alpha value is -2.40. The summed E-state index contributed by atoms with van der Waals surface area (Å²) in [5.74, 6) is -1.06. The number of nitrogens with one attached hydrogen (secondary N) is 4. The molecule has 13 heteroatoms. The van der Waals surface area contributed by atoms with Crippen LogP contribution in [0.3, 0.4) is 0 Å². The van der Waals surface area contributed by atoms with E-state index in [0.29, 0.717) is 29.8 Å². The van der Waals surface area contributed by atoms with Crippen molar-refractivity contribution in [1.29, 1.82) is 10.7 Å². The third kappa shape index (κ3) is 5.50. The van der Waals surface area contributed by atoms with Gasteiger partial charge in [-0.2, -0.15) is 5.26 Å². The van der Waals surface area contributed by atoms with Crippen LogP contribution in [0.25, 0.3) is 0 Å². The summed E-state index contributed by atoms with van der Waals surface area (Å²) in [7, 11) is -4.21. The number of nitriles is 1. The topological polar surface area (TPSA) is 145 Å². The molecule has 1 heterocycles. The van der Waals surface area contributed by atoms with Crippen LogP contribution in [0.5, 0.6) is 5.75 Å². The lowest BCUT2D eigenvalue weighted by Gasteiger charge is -2.22. The third-order valence-corrected chi connectivity index (χ3v) is 7.16. The number of phenolic OH excluding ortho intramolecular Hbond substituents is 1. The minimum atomic E-state index is -4.21. The summed E-state index contributed by atoms with van der Waals surface area (Å²) in [5, 5.41) is 35.6. The summed E-state index contributed by atoms with van der Waals surface area (Å²) < 4.78 is 26.5. The number of nitrogens with zero attached hydrogens (tertiary/aromatic N) is 3. The van der Waals surface area contributed by atoms with Crippen molar-refractivity contribution in [3.05, 3.63) is 45.9 Å². The molecule has 10 nitrogen and oxygen atoms in total. The zero-order chi connectivity index (χ0) is 23.3. The maximum Gasteiger partial charge on any atom is 0.258 e. The molecule has 0 aromatic heterocycles. The monoisotopic (exact) mass is 541 g/mol. The maximum atomic E-state index is 13.0. The molecule has 0 bridgehead atoms. The molecular formula is C19H21BrClN7O3S. The highest BCUT2D eigenvalue weighted by molar-refractivity contribution is 9.10. The van der Waals surface area contributed by atoms with Gasteiger partial charge in [0.2, 0.25) is 5.96 Å². The Bertz CT molecular complexity index is 1150. The molecule has 32 heavy (non-hydrogen) atoms. The highest BCUT2D eigenvalue weighted by Crippen LogP contribution is 2.37. The molecule has 0 spiro atoms. The van der Waals surface area contributed by atoms with Crippen LogP contribution in [0.2, 0.25) is 5.02 Å². The first-order chi connectivity index (χ1) is 15.2. The molecule has 0 atom stereocenters. The summed E-state index contributed by atoms with van der Waals surface area (Å²) in [5.41, 5.74) is 0.301. The molecule has 5 N–H and O–H groups in total.